The van der Waals surface area contributed by atoms with Crippen LogP contribution in [0.1, 0.15) is 37.6 Å². The molecule has 0 N–H and O–H groups in total. The number of aromatic nitrogens is 3. The largest absolute Gasteiger partial charge is 0.354 e. The van der Waals surface area contributed by atoms with Crippen molar-refractivity contribution >= 4 is 23.2 Å². The Hall–Kier alpha value is -2.56. The van der Waals surface area contributed by atoms with Crippen LogP contribution in [-0.2, 0) is 5.41 Å². The highest BCUT2D eigenvalue weighted by Crippen LogP contribution is 2.37. The Balaban J connectivity index is 1.95. The van der Waals surface area contributed by atoms with Gasteiger partial charge in [-0.15, -0.1) is 0 Å². The maximum atomic E-state index is 6.54. The minimum Gasteiger partial charge on any atom is -0.354 e. The molecule has 2 heterocycles. The first-order valence-electron chi connectivity index (χ1n) is 9.75. The fraction of sp³-hybridized carbons (Fsp3) is 0.250. The molecule has 4 aromatic rings. The molecule has 0 spiro atoms. The summed E-state index contributed by atoms with van der Waals surface area (Å²) in [4.78, 5) is 0. The minimum atomic E-state index is -0.114. The standard InChI is InChI=1S/C24H23Cl2N3O/c1-14-6-8-16(9-7-14)23-15(2)22(20-13-21(28-30-20)24(3,4)5)27-29(23)19-11-10-17(25)12-18(19)26/h6-13H,1-5H3. The maximum absolute atomic E-state index is 6.54. The molecule has 6 heteroatoms. The van der Waals surface area contributed by atoms with Crippen LogP contribution in [0.3, 0.4) is 0 Å². The Morgan fingerprint density at radius 3 is 2.23 bits per heavy atom. The fourth-order valence-corrected chi connectivity index (χ4v) is 3.84. The maximum Gasteiger partial charge on any atom is 0.187 e. The normalized spacial score (nSPS) is 11.8. The van der Waals surface area contributed by atoms with Crippen molar-refractivity contribution in [2.75, 3.05) is 0 Å². The smallest absolute Gasteiger partial charge is 0.187 e. The summed E-state index contributed by atoms with van der Waals surface area (Å²) in [5.41, 5.74) is 6.42. The van der Waals surface area contributed by atoms with Crippen LogP contribution < -0.4 is 0 Å². The van der Waals surface area contributed by atoms with E-state index in [4.69, 9.17) is 32.8 Å². The third kappa shape index (κ3) is 3.78. The van der Waals surface area contributed by atoms with Crippen molar-refractivity contribution < 1.29 is 4.52 Å². The summed E-state index contributed by atoms with van der Waals surface area (Å²) >= 11 is 12.7. The molecule has 0 fully saturated rings. The van der Waals surface area contributed by atoms with Crippen molar-refractivity contribution in [2.24, 2.45) is 0 Å². The van der Waals surface area contributed by atoms with Gasteiger partial charge in [0.2, 0.25) is 0 Å². The quantitative estimate of drug-likeness (QED) is 0.333. The SMILES string of the molecule is Cc1ccc(-c2c(C)c(-c3cc(C(C)(C)C)no3)nn2-c2ccc(Cl)cc2Cl)cc1. The Bertz CT molecular complexity index is 1210. The van der Waals surface area contributed by atoms with Crippen LogP contribution in [0, 0.1) is 13.8 Å². The average Bonchev–Trinajstić information content (AvgIpc) is 3.28. The second kappa shape index (κ2) is 7.60. The summed E-state index contributed by atoms with van der Waals surface area (Å²) in [7, 11) is 0. The Kier molecular flexibility index (Phi) is 5.25. The molecule has 0 unspecified atom stereocenters. The number of hydrogen-bond acceptors (Lipinski definition) is 3. The number of halogens is 2. The van der Waals surface area contributed by atoms with Crippen molar-refractivity contribution in [3.63, 3.8) is 0 Å². The molecule has 30 heavy (non-hydrogen) atoms. The van der Waals surface area contributed by atoms with E-state index < -0.39 is 0 Å². The lowest BCUT2D eigenvalue weighted by molar-refractivity contribution is 0.401. The molecule has 0 bridgehead atoms. The molecule has 0 atom stereocenters. The lowest BCUT2D eigenvalue weighted by Crippen LogP contribution is -2.10. The van der Waals surface area contributed by atoms with E-state index in [0.717, 1.165) is 33.9 Å². The van der Waals surface area contributed by atoms with Crippen LogP contribution >= 0.6 is 23.2 Å². The van der Waals surface area contributed by atoms with Crippen molar-refractivity contribution in [1.82, 2.24) is 14.9 Å². The third-order valence-corrected chi connectivity index (χ3v) is 5.63. The van der Waals surface area contributed by atoms with E-state index in [1.54, 1.807) is 6.07 Å². The molecule has 0 amide bonds. The first kappa shape index (κ1) is 20.7. The van der Waals surface area contributed by atoms with Crippen LogP contribution in [0.2, 0.25) is 10.0 Å². The van der Waals surface area contributed by atoms with E-state index in [-0.39, 0.29) is 5.41 Å². The summed E-state index contributed by atoms with van der Waals surface area (Å²) in [6.07, 6.45) is 0. The van der Waals surface area contributed by atoms with Crippen molar-refractivity contribution in [3.05, 3.63) is 75.4 Å². The molecule has 154 valence electrons. The molecule has 0 radical (unpaired) electrons. The monoisotopic (exact) mass is 439 g/mol. The van der Waals surface area contributed by atoms with Crippen molar-refractivity contribution in [1.29, 1.82) is 0 Å². The molecule has 0 saturated heterocycles. The summed E-state index contributed by atoms with van der Waals surface area (Å²) in [5, 5.41) is 10.3. The number of benzene rings is 2. The second-order valence-electron chi connectivity index (χ2n) is 8.52. The van der Waals surface area contributed by atoms with Gasteiger partial charge in [-0.1, -0.05) is 79.0 Å². The van der Waals surface area contributed by atoms with Crippen LogP contribution in [-0.4, -0.2) is 14.9 Å². The Morgan fingerprint density at radius 2 is 1.63 bits per heavy atom. The Morgan fingerprint density at radius 1 is 0.933 bits per heavy atom. The minimum absolute atomic E-state index is 0.114. The topological polar surface area (TPSA) is 43.9 Å². The predicted molar refractivity (Wildman–Crippen MR) is 123 cm³/mol. The van der Waals surface area contributed by atoms with Gasteiger partial charge in [0.15, 0.2) is 5.76 Å². The van der Waals surface area contributed by atoms with E-state index in [9.17, 15) is 0 Å². The van der Waals surface area contributed by atoms with E-state index in [1.807, 2.05) is 29.8 Å². The number of rotatable bonds is 3. The molecule has 0 aliphatic rings. The highest BCUT2D eigenvalue weighted by molar-refractivity contribution is 6.35. The molecule has 4 nitrogen and oxygen atoms in total. The molecule has 0 aliphatic carbocycles. The van der Waals surface area contributed by atoms with Gasteiger partial charge < -0.3 is 4.52 Å². The van der Waals surface area contributed by atoms with Gasteiger partial charge in [-0.25, -0.2) is 4.68 Å². The zero-order valence-corrected chi connectivity index (χ0v) is 19.1. The molecular weight excluding hydrogens is 417 g/mol. The van der Waals surface area contributed by atoms with Gasteiger partial charge in [-0.2, -0.15) is 5.10 Å². The lowest BCUT2D eigenvalue weighted by atomic mass is 9.92. The molecule has 2 aromatic heterocycles. The number of nitrogens with zero attached hydrogens (tertiary/aromatic N) is 3. The first-order chi connectivity index (χ1) is 14.1. The van der Waals surface area contributed by atoms with Crippen LogP contribution in [0.25, 0.3) is 28.4 Å². The molecule has 4 rings (SSSR count). The van der Waals surface area contributed by atoms with E-state index >= 15 is 0 Å². The van der Waals surface area contributed by atoms with Gasteiger partial charge in [-0.3, -0.25) is 0 Å². The summed E-state index contributed by atoms with van der Waals surface area (Å²) in [5.74, 6) is 0.634. The lowest BCUT2D eigenvalue weighted by Gasteiger charge is -2.12. The highest BCUT2D eigenvalue weighted by atomic mass is 35.5. The number of hydrogen-bond donors (Lipinski definition) is 0. The van der Waals surface area contributed by atoms with Crippen LogP contribution in [0.15, 0.2) is 53.1 Å². The van der Waals surface area contributed by atoms with Gasteiger partial charge in [0.05, 0.1) is 22.1 Å². The van der Waals surface area contributed by atoms with Gasteiger partial charge in [0.25, 0.3) is 0 Å². The zero-order valence-electron chi connectivity index (χ0n) is 17.6. The van der Waals surface area contributed by atoms with E-state index in [2.05, 4.69) is 57.1 Å². The predicted octanol–water partition coefficient (Wildman–Crippen LogP) is 7.42. The van der Waals surface area contributed by atoms with Crippen LogP contribution in [0.5, 0.6) is 0 Å². The highest BCUT2D eigenvalue weighted by Gasteiger charge is 2.25. The fourth-order valence-electron chi connectivity index (χ4n) is 3.35. The first-order valence-corrected chi connectivity index (χ1v) is 10.5. The van der Waals surface area contributed by atoms with E-state index in [0.29, 0.717) is 15.8 Å². The summed E-state index contributed by atoms with van der Waals surface area (Å²) in [6, 6.07) is 15.7. The summed E-state index contributed by atoms with van der Waals surface area (Å²) in [6.45, 7) is 10.4. The molecule has 0 saturated carbocycles. The van der Waals surface area contributed by atoms with Gasteiger partial charge in [-0.05, 0) is 32.0 Å². The third-order valence-electron chi connectivity index (χ3n) is 5.10. The molecular formula is C24H23Cl2N3O. The molecule has 0 aliphatic heterocycles. The second-order valence-corrected chi connectivity index (χ2v) is 9.37. The van der Waals surface area contributed by atoms with Crippen molar-refractivity contribution in [3.8, 4) is 28.4 Å². The van der Waals surface area contributed by atoms with Crippen molar-refractivity contribution in [2.45, 2.75) is 40.0 Å². The van der Waals surface area contributed by atoms with Gasteiger partial charge in [0.1, 0.15) is 5.69 Å². The average molecular weight is 440 g/mol. The summed E-state index contributed by atoms with van der Waals surface area (Å²) < 4.78 is 7.54. The van der Waals surface area contributed by atoms with E-state index in [1.165, 1.54) is 5.56 Å². The number of aryl methyl sites for hydroxylation is 1. The Labute approximate surface area is 186 Å². The van der Waals surface area contributed by atoms with Gasteiger partial charge >= 0.3 is 0 Å². The zero-order chi connectivity index (χ0) is 21.6. The molecule has 2 aromatic carbocycles. The van der Waals surface area contributed by atoms with Crippen LogP contribution in [0.4, 0.5) is 0 Å². The van der Waals surface area contributed by atoms with Gasteiger partial charge in [0, 0.05) is 27.6 Å².